The van der Waals surface area contributed by atoms with Crippen molar-refractivity contribution in [3.05, 3.63) is 0 Å². The number of aliphatic carboxylic acids is 1. The summed E-state index contributed by atoms with van der Waals surface area (Å²) in [5, 5.41) is 10.9. The number of nitrogens with one attached hydrogen (secondary N) is 1. The van der Waals surface area contributed by atoms with Gasteiger partial charge in [0, 0.05) is 6.54 Å². The van der Waals surface area contributed by atoms with Gasteiger partial charge in [-0.2, -0.15) is 0 Å². The molecule has 1 aliphatic carbocycles. The Hall–Kier alpha value is -1.06. The van der Waals surface area contributed by atoms with Crippen molar-refractivity contribution in [3.8, 4) is 0 Å². The Morgan fingerprint density at radius 3 is 2.50 bits per heavy atom. The molecule has 0 heterocycles. The fraction of sp³-hybridized carbons (Fsp3) is 0.750. The van der Waals surface area contributed by atoms with Crippen molar-refractivity contribution in [2.75, 3.05) is 6.54 Å². The maximum absolute atomic E-state index is 10.8. The van der Waals surface area contributed by atoms with E-state index in [0.29, 0.717) is 12.5 Å². The number of carbonyl (C=O) groups excluding carboxylic acids is 1. The van der Waals surface area contributed by atoms with E-state index in [1.54, 1.807) is 0 Å². The predicted molar refractivity (Wildman–Crippen MR) is 42.6 cm³/mol. The highest BCUT2D eigenvalue weighted by atomic mass is 16.4. The third-order valence-electron chi connectivity index (χ3n) is 2.12. The average molecular weight is 171 g/mol. The molecule has 0 aromatic heterocycles. The zero-order valence-corrected chi connectivity index (χ0v) is 6.88. The van der Waals surface area contributed by atoms with Crippen LogP contribution in [-0.4, -0.2) is 23.5 Å². The van der Waals surface area contributed by atoms with Gasteiger partial charge in [0.05, 0.1) is 0 Å². The van der Waals surface area contributed by atoms with Crippen LogP contribution in [0.15, 0.2) is 0 Å². The van der Waals surface area contributed by atoms with Gasteiger partial charge in [-0.3, -0.25) is 9.59 Å². The van der Waals surface area contributed by atoms with E-state index in [2.05, 4.69) is 5.32 Å². The third kappa shape index (κ3) is 2.90. The minimum absolute atomic E-state index is 0.380. The maximum Gasteiger partial charge on any atom is 0.312 e. The van der Waals surface area contributed by atoms with E-state index >= 15 is 0 Å². The van der Waals surface area contributed by atoms with Crippen molar-refractivity contribution >= 4 is 11.9 Å². The molecule has 0 unspecified atom stereocenters. The first-order chi connectivity index (χ1) is 5.68. The molecular formula is C8H13NO3. The van der Waals surface area contributed by atoms with Gasteiger partial charge >= 0.3 is 5.97 Å². The van der Waals surface area contributed by atoms with Crippen molar-refractivity contribution in [2.24, 2.45) is 5.92 Å². The lowest BCUT2D eigenvalue weighted by atomic mass is 9.85. The van der Waals surface area contributed by atoms with E-state index in [0.717, 1.165) is 12.8 Å². The number of carboxylic acids is 1. The first-order valence-electron chi connectivity index (χ1n) is 4.17. The van der Waals surface area contributed by atoms with Crippen LogP contribution in [0.25, 0.3) is 0 Å². The molecule has 2 N–H and O–H groups in total. The van der Waals surface area contributed by atoms with Crippen LogP contribution in [0.4, 0.5) is 0 Å². The summed E-state index contributed by atoms with van der Waals surface area (Å²) in [7, 11) is 0. The Kier molecular flexibility index (Phi) is 3.08. The first kappa shape index (κ1) is 9.03. The van der Waals surface area contributed by atoms with Crippen LogP contribution in [0.2, 0.25) is 0 Å². The summed E-state index contributed by atoms with van der Waals surface area (Å²) in [4.78, 5) is 20.9. The van der Waals surface area contributed by atoms with E-state index < -0.39 is 12.4 Å². The highest BCUT2D eigenvalue weighted by molar-refractivity contribution is 5.93. The third-order valence-corrected chi connectivity index (χ3v) is 2.12. The van der Waals surface area contributed by atoms with Gasteiger partial charge < -0.3 is 10.4 Å². The van der Waals surface area contributed by atoms with Gasteiger partial charge in [0.1, 0.15) is 6.42 Å². The first-order valence-corrected chi connectivity index (χ1v) is 4.17. The molecule has 1 rings (SSSR count). The zero-order chi connectivity index (χ0) is 8.97. The summed E-state index contributed by atoms with van der Waals surface area (Å²) in [6.45, 7) is 0.645. The number of carbonyl (C=O) groups is 2. The summed E-state index contributed by atoms with van der Waals surface area (Å²) >= 11 is 0. The molecule has 0 saturated heterocycles. The predicted octanol–water partition coefficient (Wildman–Crippen LogP) is 0.377. The molecular weight excluding hydrogens is 158 g/mol. The van der Waals surface area contributed by atoms with Gasteiger partial charge in [0.2, 0.25) is 5.91 Å². The van der Waals surface area contributed by atoms with Gasteiger partial charge in [-0.05, 0) is 18.8 Å². The topological polar surface area (TPSA) is 66.4 Å². The Balaban J connectivity index is 2.05. The molecule has 0 bridgehead atoms. The lowest BCUT2D eigenvalue weighted by Gasteiger charge is -2.25. The van der Waals surface area contributed by atoms with Gasteiger partial charge in [-0.15, -0.1) is 0 Å². The minimum Gasteiger partial charge on any atom is -0.481 e. The quantitative estimate of drug-likeness (QED) is 0.601. The van der Waals surface area contributed by atoms with Crippen LogP contribution < -0.4 is 5.32 Å². The van der Waals surface area contributed by atoms with Crippen molar-refractivity contribution in [1.29, 1.82) is 0 Å². The Morgan fingerprint density at radius 1 is 1.42 bits per heavy atom. The van der Waals surface area contributed by atoms with Crippen LogP contribution in [0.5, 0.6) is 0 Å². The zero-order valence-electron chi connectivity index (χ0n) is 6.88. The number of amides is 1. The van der Waals surface area contributed by atoms with Gasteiger partial charge in [-0.25, -0.2) is 0 Å². The second-order valence-corrected chi connectivity index (χ2v) is 3.17. The summed E-state index contributed by atoms with van der Waals surface area (Å²) in [5.74, 6) is -0.863. The van der Waals surface area contributed by atoms with E-state index in [-0.39, 0.29) is 5.91 Å². The molecule has 0 atom stereocenters. The maximum atomic E-state index is 10.8. The lowest BCUT2D eigenvalue weighted by molar-refractivity contribution is -0.140. The lowest BCUT2D eigenvalue weighted by Crippen LogP contribution is -2.33. The number of rotatable bonds is 4. The highest BCUT2D eigenvalue weighted by Gasteiger charge is 2.18. The smallest absolute Gasteiger partial charge is 0.312 e. The fourth-order valence-corrected chi connectivity index (χ4v) is 1.15. The molecule has 1 saturated carbocycles. The Morgan fingerprint density at radius 2 is 2.08 bits per heavy atom. The number of hydrogen-bond acceptors (Lipinski definition) is 2. The second kappa shape index (κ2) is 4.09. The van der Waals surface area contributed by atoms with Crippen LogP contribution in [0.1, 0.15) is 25.7 Å². The molecule has 1 fully saturated rings. The normalized spacial score (nSPS) is 16.7. The van der Waals surface area contributed by atoms with Crippen LogP contribution in [0.3, 0.4) is 0 Å². The van der Waals surface area contributed by atoms with Gasteiger partial charge in [-0.1, -0.05) is 6.42 Å². The van der Waals surface area contributed by atoms with Gasteiger partial charge in [0.15, 0.2) is 0 Å². The van der Waals surface area contributed by atoms with E-state index in [9.17, 15) is 9.59 Å². The molecule has 4 heteroatoms. The van der Waals surface area contributed by atoms with E-state index in [4.69, 9.17) is 5.11 Å². The number of hydrogen-bond donors (Lipinski definition) is 2. The van der Waals surface area contributed by atoms with Crippen LogP contribution in [0, 0.1) is 5.92 Å². The molecule has 0 radical (unpaired) electrons. The summed E-state index contributed by atoms with van der Waals surface area (Å²) in [5.41, 5.74) is 0. The highest BCUT2D eigenvalue weighted by Crippen LogP contribution is 2.24. The molecule has 1 amide bonds. The van der Waals surface area contributed by atoms with Crippen molar-refractivity contribution in [1.82, 2.24) is 5.32 Å². The summed E-state index contributed by atoms with van der Waals surface area (Å²) < 4.78 is 0. The SMILES string of the molecule is O=C(O)CC(=O)NCC1CCC1. The molecule has 12 heavy (non-hydrogen) atoms. The fourth-order valence-electron chi connectivity index (χ4n) is 1.15. The minimum atomic E-state index is -1.07. The van der Waals surface area contributed by atoms with Gasteiger partial charge in [0.25, 0.3) is 0 Å². The molecule has 1 aliphatic rings. The molecule has 0 aromatic rings. The van der Waals surface area contributed by atoms with E-state index in [1.165, 1.54) is 6.42 Å². The van der Waals surface area contributed by atoms with Crippen molar-refractivity contribution in [3.63, 3.8) is 0 Å². The average Bonchev–Trinajstić information content (AvgIpc) is 1.81. The monoisotopic (exact) mass is 171 g/mol. The largest absolute Gasteiger partial charge is 0.481 e. The van der Waals surface area contributed by atoms with Crippen molar-refractivity contribution in [2.45, 2.75) is 25.7 Å². The Bertz CT molecular complexity index is 187. The second-order valence-electron chi connectivity index (χ2n) is 3.17. The molecule has 68 valence electrons. The van der Waals surface area contributed by atoms with E-state index in [1.807, 2.05) is 0 Å². The number of carboxylic acid groups (broad SMARTS) is 1. The molecule has 0 spiro atoms. The summed E-state index contributed by atoms with van der Waals surface area (Å²) in [6, 6.07) is 0. The summed E-state index contributed by atoms with van der Waals surface area (Å²) in [6.07, 6.45) is 3.15. The molecule has 0 aromatic carbocycles. The van der Waals surface area contributed by atoms with Crippen LogP contribution in [-0.2, 0) is 9.59 Å². The van der Waals surface area contributed by atoms with Crippen LogP contribution >= 0.6 is 0 Å². The standard InChI is InChI=1S/C8H13NO3/c10-7(4-8(11)12)9-5-6-2-1-3-6/h6H,1-5H2,(H,9,10)(H,11,12). The molecule has 0 aliphatic heterocycles. The van der Waals surface area contributed by atoms with Crippen molar-refractivity contribution < 1.29 is 14.7 Å². The molecule has 4 nitrogen and oxygen atoms in total. The Labute approximate surface area is 71.0 Å².